The first-order valence-corrected chi connectivity index (χ1v) is 7.53. The van der Waals surface area contributed by atoms with Crippen molar-refractivity contribution in [3.05, 3.63) is 35.9 Å². The zero-order valence-corrected chi connectivity index (χ0v) is 12.0. The van der Waals surface area contributed by atoms with Crippen LogP contribution in [0.25, 0.3) is 0 Å². The van der Waals surface area contributed by atoms with Gasteiger partial charge in [0.05, 0.1) is 25.4 Å². The predicted molar refractivity (Wildman–Crippen MR) is 78.1 cm³/mol. The van der Waals surface area contributed by atoms with E-state index in [1.165, 1.54) is 19.3 Å². The topological polar surface area (TPSA) is 50.7 Å². The second kappa shape index (κ2) is 9.08. The number of nitrogens with one attached hydrogen (secondary N) is 1. The predicted octanol–water partition coefficient (Wildman–Crippen LogP) is 2.42. The van der Waals surface area contributed by atoms with Crippen LogP contribution in [0.3, 0.4) is 0 Å². The summed E-state index contributed by atoms with van der Waals surface area (Å²) in [5.74, 6) is 0. The summed E-state index contributed by atoms with van der Waals surface area (Å²) < 4.78 is 5.71. The molecule has 0 aromatic heterocycles. The standard InChI is InChI=1S/C16H25NO3/c18-15(13-19-16-9-5-2-6-10-16)11-17-20-12-14-7-3-1-4-8-14/h1,3-4,7-8,15-18H,2,5-6,9-13H2. The molecule has 1 aromatic carbocycles. The molecule has 1 fully saturated rings. The van der Waals surface area contributed by atoms with Crippen molar-refractivity contribution >= 4 is 0 Å². The van der Waals surface area contributed by atoms with E-state index in [4.69, 9.17) is 9.57 Å². The van der Waals surface area contributed by atoms with E-state index in [-0.39, 0.29) is 0 Å². The van der Waals surface area contributed by atoms with Crippen molar-refractivity contribution in [1.29, 1.82) is 0 Å². The van der Waals surface area contributed by atoms with Crippen LogP contribution in [0.1, 0.15) is 37.7 Å². The van der Waals surface area contributed by atoms with Crippen LogP contribution in [0.4, 0.5) is 0 Å². The average molecular weight is 279 g/mol. The molecule has 0 spiro atoms. The molecule has 0 amide bonds. The van der Waals surface area contributed by atoms with Crippen LogP contribution in [-0.4, -0.2) is 30.5 Å². The molecular weight excluding hydrogens is 254 g/mol. The maximum atomic E-state index is 9.81. The Hall–Kier alpha value is -0.940. The number of hydrogen-bond donors (Lipinski definition) is 2. The highest BCUT2D eigenvalue weighted by molar-refractivity contribution is 5.13. The molecule has 1 atom stereocenters. The van der Waals surface area contributed by atoms with Crippen LogP contribution in [0.15, 0.2) is 30.3 Å². The third kappa shape index (κ3) is 6.01. The minimum Gasteiger partial charge on any atom is -0.389 e. The monoisotopic (exact) mass is 279 g/mol. The van der Waals surface area contributed by atoms with Crippen molar-refractivity contribution in [1.82, 2.24) is 5.48 Å². The number of benzene rings is 1. The van der Waals surface area contributed by atoms with E-state index in [0.717, 1.165) is 18.4 Å². The van der Waals surface area contributed by atoms with Crippen molar-refractivity contribution in [2.24, 2.45) is 0 Å². The summed E-state index contributed by atoms with van der Waals surface area (Å²) >= 11 is 0. The van der Waals surface area contributed by atoms with Crippen molar-refractivity contribution in [3.8, 4) is 0 Å². The van der Waals surface area contributed by atoms with Gasteiger partial charge < -0.3 is 9.84 Å². The van der Waals surface area contributed by atoms with Gasteiger partial charge in [-0.3, -0.25) is 4.84 Å². The smallest absolute Gasteiger partial charge is 0.0933 e. The number of ether oxygens (including phenoxy) is 1. The lowest BCUT2D eigenvalue weighted by Crippen LogP contribution is -2.32. The van der Waals surface area contributed by atoms with E-state index in [1.54, 1.807) is 0 Å². The highest BCUT2D eigenvalue weighted by atomic mass is 16.6. The van der Waals surface area contributed by atoms with E-state index in [9.17, 15) is 5.11 Å². The number of hydroxylamine groups is 1. The Morgan fingerprint density at radius 3 is 2.65 bits per heavy atom. The van der Waals surface area contributed by atoms with Gasteiger partial charge in [-0.05, 0) is 18.4 Å². The maximum Gasteiger partial charge on any atom is 0.0933 e. The molecule has 2 rings (SSSR count). The van der Waals surface area contributed by atoms with E-state index < -0.39 is 6.10 Å². The van der Waals surface area contributed by atoms with Gasteiger partial charge in [0.1, 0.15) is 0 Å². The lowest BCUT2D eigenvalue weighted by Gasteiger charge is -2.23. The first-order chi connectivity index (χ1) is 9.84. The Morgan fingerprint density at radius 1 is 1.15 bits per heavy atom. The van der Waals surface area contributed by atoms with E-state index >= 15 is 0 Å². The number of aliphatic hydroxyl groups is 1. The fraction of sp³-hybridized carbons (Fsp3) is 0.625. The molecule has 0 bridgehead atoms. The Kier molecular flexibility index (Phi) is 7.01. The van der Waals surface area contributed by atoms with Crippen molar-refractivity contribution < 1.29 is 14.7 Å². The normalized spacial score (nSPS) is 18.1. The Balaban J connectivity index is 1.50. The first kappa shape index (κ1) is 15.4. The second-order valence-corrected chi connectivity index (χ2v) is 5.37. The van der Waals surface area contributed by atoms with Gasteiger partial charge in [-0.25, -0.2) is 0 Å². The molecule has 0 radical (unpaired) electrons. The van der Waals surface area contributed by atoms with Gasteiger partial charge in [0, 0.05) is 6.54 Å². The van der Waals surface area contributed by atoms with Crippen LogP contribution in [-0.2, 0) is 16.2 Å². The molecular formula is C16H25NO3. The van der Waals surface area contributed by atoms with Gasteiger partial charge in [-0.2, -0.15) is 5.48 Å². The van der Waals surface area contributed by atoms with Gasteiger partial charge in [-0.15, -0.1) is 0 Å². The van der Waals surface area contributed by atoms with Gasteiger partial charge in [-0.1, -0.05) is 49.6 Å². The van der Waals surface area contributed by atoms with Gasteiger partial charge in [0.2, 0.25) is 0 Å². The molecule has 4 heteroatoms. The molecule has 0 saturated heterocycles. The van der Waals surface area contributed by atoms with Gasteiger partial charge in [0.15, 0.2) is 0 Å². The number of rotatable bonds is 8. The molecule has 1 saturated carbocycles. The lowest BCUT2D eigenvalue weighted by atomic mass is 9.98. The molecule has 4 nitrogen and oxygen atoms in total. The van der Waals surface area contributed by atoms with Crippen molar-refractivity contribution in [2.75, 3.05) is 13.2 Å². The Labute approximate surface area is 121 Å². The van der Waals surface area contributed by atoms with E-state index in [1.807, 2.05) is 30.3 Å². The fourth-order valence-electron chi connectivity index (χ4n) is 2.40. The summed E-state index contributed by atoms with van der Waals surface area (Å²) in [5.41, 5.74) is 3.90. The van der Waals surface area contributed by atoms with Gasteiger partial charge >= 0.3 is 0 Å². The summed E-state index contributed by atoms with van der Waals surface area (Å²) in [6, 6.07) is 9.94. The van der Waals surface area contributed by atoms with Crippen LogP contribution in [0.2, 0.25) is 0 Å². The SMILES string of the molecule is OC(CNOCc1ccccc1)COC1CCCCC1. The molecule has 1 aliphatic carbocycles. The fourth-order valence-corrected chi connectivity index (χ4v) is 2.40. The first-order valence-electron chi connectivity index (χ1n) is 7.53. The quantitative estimate of drug-likeness (QED) is 0.567. The van der Waals surface area contributed by atoms with Gasteiger partial charge in [0.25, 0.3) is 0 Å². The molecule has 2 N–H and O–H groups in total. The zero-order chi connectivity index (χ0) is 14.0. The minimum atomic E-state index is -0.521. The summed E-state index contributed by atoms with van der Waals surface area (Å²) in [7, 11) is 0. The number of hydrogen-bond acceptors (Lipinski definition) is 4. The Morgan fingerprint density at radius 2 is 1.90 bits per heavy atom. The zero-order valence-electron chi connectivity index (χ0n) is 12.0. The second-order valence-electron chi connectivity index (χ2n) is 5.37. The molecule has 1 aromatic rings. The molecule has 20 heavy (non-hydrogen) atoms. The molecule has 112 valence electrons. The van der Waals surface area contributed by atoms with Crippen LogP contribution >= 0.6 is 0 Å². The summed E-state index contributed by atoms with van der Waals surface area (Å²) in [6.07, 6.45) is 5.89. The average Bonchev–Trinajstić information content (AvgIpc) is 2.52. The highest BCUT2D eigenvalue weighted by Gasteiger charge is 2.15. The van der Waals surface area contributed by atoms with Crippen LogP contribution in [0.5, 0.6) is 0 Å². The van der Waals surface area contributed by atoms with Crippen LogP contribution in [0, 0.1) is 0 Å². The minimum absolute atomic E-state index is 0.337. The molecule has 0 heterocycles. The lowest BCUT2D eigenvalue weighted by molar-refractivity contribution is -0.0477. The largest absolute Gasteiger partial charge is 0.389 e. The number of aliphatic hydroxyl groups excluding tert-OH is 1. The van der Waals surface area contributed by atoms with Crippen molar-refractivity contribution in [3.63, 3.8) is 0 Å². The van der Waals surface area contributed by atoms with Crippen LogP contribution < -0.4 is 5.48 Å². The third-order valence-corrected chi connectivity index (χ3v) is 3.58. The van der Waals surface area contributed by atoms with Crippen molar-refractivity contribution in [2.45, 2.75) is 50.9 Å². The summed E-state index contributed by atoms with van der Waals surface area (Å²) in [4.78, 5) is 5.32. The summed E-state index contributed by atoms with van der Waals surface area (Å²) in [5, 5.41) is 9.81. The third-order valence-electron chi connectivity index (χ3n) is 3.58. The Bertz CT molecular complexity index is 352. The molecule has 1 unspecified atom stereocenters. The molecule has 1 aliphatic rings. The van der Waals surface area contributed by atoms with E-state index in [2.05, 4.69) is 5.48 Å². The summed E-state index contributed by atoms with van der Waals surface area (Å²) in [6.45, 7) is 1.27. The highest BCUT2D eigenvalue weighted by Crippen LogP contribution is 2.20. The maximum absolute atomic E-state index is 9.81. The molecule has 0 aliphatic heterocycles. The van der Waals surface area contributed by atoms with E-state index in [0.29, 0.717) is 25.9 Å².